The first kappa shape index (κ1) is 24.4. The van der Waals surface area contributed by atoms with E-state index in [0.717, 1.165) is 22.3 Å². The molecule has 0 aliphatic carbocycles. The number of anilines is 1. The molecule has 1 N–H and O–H groups in total. The van der Waals surface area contributed by atoms with Crippen molar-refractivity contribution in [3.05, 3.63) is 119 Å². The number of amides is 2. The molecule has 4 aromatic rings. The molecule has 1 aliphatic heterocycles. The SMILES string of the molecule is Cc1ccc(C)c(CN2C(=O)c3ccccc3S(=O)(=O)c3ccc(C(=O)NCc4cccnc4)cc32)c1. The molecule has 0 atom stereocenters. The van der Waals surface area contributed by atoms with E-state index in [0.29, 0.717) is 0 Å². The Labute approximate surface area is 215 Å². The Kier molecular flexibility index (Phi) is 6.35. The fraction of sp³-hybridized carbons (Fsp3) is 0.138. The van der Waals surface area contributed by atoms with Crippen molar-refractivity contribution >= 4 is 27.3 Å². The second-order valence-corrected chi connectivity index (χ2v) is 10.9. The molecule has 2 amide bonds. The number of pyridine rings is 1. The van der Waals surface area contributed by atoms with Gasteiger partial charge in [0.2, 0.25) is 9.84 Å². The van der Waals surface area contributed by atoms with Gasteiger partial charge in [0.05, 0.1) is 27.6 Å². The van der Waals surface area contributed by atoms with Crippen molar-refractivity contribution in [2.75, 3.05) is 4.90 Å². The van der Waals surface area contributed by atoms with E-state index in [1.54, 1.807) is 30.6 Å². The maximum absolute atomic E-state index is 13.8. The number of hydrogen-bond acceptors (Lipinski definition) is 5. The zero-order valence-corrected chi connectivity index (χ0v) is 21.2. The lowest BCUT2D eigenvalue weighted by molar-refractivity contribution is 0.0947. The van der Waals surface area contributed by atoms with Crippen LogP contribution in [-0.2, 0) is 22.9 Å². The summed E-state index contributed by atoms with van der Waals surface area (Å²) < 4.78 is 27.4. The maximum atomic E-state index is 13.8. The van der Waals surface area contributed by atoms with Gasteiger partial charge in [-0.25, -0.2) is 8.42 Å². The van der Waals surface area contributed by atoms with Crippen LogP contribution in [0.15, 0.2) is 95.0 Å². The Balaban J connectivity index is 1.61. The van der Waals surface area contributed by atoms with Gasteiger partial charge < -0.3 is 10.2 Å². The topological polar surface area (TPSA) is 96.4 Å². The molecule has 1 aliphatic rings. The first-order valence-electron chi connectivity index (χ1n) is 11.8. The number of carbonyl (C=O) groups is 2. The lowest BCUT2D eigenvalue weighted by atomic mass is 10.0. The maximum Gasteiger partial charge on any atom is 0.259 e. The number of aromatic nitrogens is 1. The van der Waals surface area contributed by atoms with Crippen molar-refractivity contribution in [2.24, 2.45) is 0 Å². The van der Waals surface area contributed by atoms with Gasteiger partial charge in [0.1, 0.15) is 0 Å². The Bertz CT molecular complexity index is 1630. The highest BCUT2D eigenvalue weighted by molar-refractivity contribution is 7.91. The van der Waals surface area contributed by atoms with Crippen molar-refractivity contribution in [2.45, 2.75) is 36.7 Å². The standard InChI is InChI=1S/C29H25N3O4S/c1-19-9-10-20(2)23(14-19)18-32-25-15-22(28(33)31-17-21-6-5-13-30-16-21)11-12-27(25)37(35,36)26-8-4-3-7-24(26)29(32)34/h3-16H,17-18H2,1-2H3,(H,31,33). The normalized spacial score (nSPS) is 13.9. The van der Waals surface area contributed by atoms with Crippen molar-refractivity contribution in [1.82, 2.24) is 10.3 Å². The molecule has 0 saturated heterocycles. The van der Waals surface area contributed by atoms with Gasteiger partial charge in [-0.15, -0.1) is 0 Å². The van der Waals surface area contributed by atoms with Crippen LogP contribution in [0.4, 0.5) is 5.69 Å². The lowest BCUT2D eigenvalue weighted by Gasteiger charge is -2.24. The Morgan fingerprint density at radius 3 is 2.54 bits per heavy atom. The van der Waals surface area contributed by atoms with Crippen LogP contribution in [0.2, 0.25) is 0 Å². The molecule has 0 bridgehead atoms. The second-order valence-electron chi connectivity index (χ2n) is 9.05. The van der Waals surface area contributed by atoms with Crippen LogP contribution in [0, 0.1) is 13.8 Å². The number of nitrogens with one attached hydrogen (secondary N) is 1. The van der Waals surface area contributed by atoms with Gasteiger partial charge in [-0.05, 0) is 66.9 Å². The van der Waals surface area contributed by atoms with E-state index in [9.17, 15) is 18.0 Å². The summed E-state index contributed by atoms with van der Waals surface area (Å²) in [4.78, 5) is 32.3. The lowest BCUT2D eigenvalue weighted by Crippen LogP contribution is -2.31. The third-order valence-corrected chi connectivity index (χ3v) is 8.32. The van der Waals surface area contributed by atoms with E-state index in [2.05, 4.69) is 10.3 Å². The minimum absolute atomic E-state index is 0.0140. The van der Waals surface area contributed by atoms with Crippen molar-refractivity contribution < 1.29 is 18.0 Å². The monoisotopic (exact) mass is 511 g/mol. The molecule has 0 fully saturated rings. The first-order chi connectivity index (χ1) is 17.8. The van der Waals surface area contributed by atoms with Crippen LogP contribution in [0.1, 0.15) is 43.0 Å². The molecule has 7 nitrogen and oxygen atoms in total. The minimum atomic E-state index is -4.01. The van der Waals surface area contributed by atoms with Gasteiger partial charge >= 0.3 is 0 Å². The highest BCUT2D eigenvalue weighted by atomic mass is 32.2. The van der Waals surface area contributed by atoms with E-state index in [1.165, 1.54) is 35.2 Å². The number of hydrogen-bond donors (Lipinski definition) is 1. The number of nitrogens with zero attached hydrogens (tertiary/aromatic N) is 2. The molecular formula is C29H25N3O4S. The molecule has 3 aromatic carbocycles. The van der Waals surface area contributed by atoms with Gasteiger partial charge in [0, 0.05) is 24.5 Å². The van der Waals surface area contributed by atoms with Gasteiger partial charge in [0.15, 0.2) is 0 Å². The van der Waals surface area contributed by atoms with Crippen molar-refractivity contribution in [3.63, 3.8) is 0 Å². The summed E-state index contributed by atoms with van der Waals surface area (Å²) in [5.41, 5.74) is 4.26. The van der Waals surface area contributed by atoms with Crippen LogP contribution < -0.4 is 10.2 Å². The van der Waals surface area contributed by atoms with Crippen LogP contribution >= 0.6 is 0 Å². The first-order valence-corrected chi connectivity index (χ1v) is 13.3. The molecule has 37 heavy (non-hydrogen) atoms. The zero-order valence-electron chi connectivity index (χ0n) is 20.4. The summed E-state index contributed by atoms with van der Waals surface area (Å²) in [7, 11) is -4.01. The summed E-state index contributed by atoms with van der Waals surface area (Å²) in [5, 5.41) is 2.84. The summed E-state index contributed by atoms with van der Waals surface area (Å²) in [6.07, 6.45) is 3.31. The van der Waals surface area contributed by atoms with Gasteiger partial charge in [-0.2, -0.15) is 0 Å². The molecule has 186 valence electrons. The Morgan fingerprint density at radius 2 is 1.76 bits per heavy atom. The average molecular weight is 512 g/mol. The second kappa shape index (κ2) is 9.63. The van der Waals surface area contributed by atoms with Crippen LogP contribution in [-0.4, -0.2) is 25.2 Å². The van der Waals surface area contributed by atoms with Gasteiger partial charge in [-0.1, -0.05) is 42.0 Å². The molecule has 8 heteroatoms. The number of sulfone groups is 1. The Hall–Kier alpha value is -4.30. The molecular weight excluding hydrogens is 486 g/mol. The molecule has 0 radical (unpaired) electrons. The van der Waals surface area contributed by atoms with E-state index < -0.39 is 15.7 Å². The smallest absolute Gasteiger partial charge is 0.259 e. The molecule has 5 rings (SSSR count). The molecule has 1 aromatic heterocycles. The molecule has 0 unspecified atom stereocenters. The third kappa shape index (κ3) is 4.63. The average Bonchev–Trinajstić information content (AvgIpc) is 2.97. The van der Waals surface area contributed by atoms with Gasteiger partial charge in [0.25, 0.3) is 11.8 Å². The number of aryl methyl sites for hydroxylation is 2. The van der Waals surface area contributed by atoms with E-state index in [4.69, 9.17) is 0 Å². The highest BCUT2D eigenvalue weighted by Crippen LogP contribution is 2.38. The van der Waals surface area contributed by atoms with Crippen LogP contribution in [0.25, 0.3) is 0 Å². The number of benzene rings is 3. The fourth-order valence-electron chi connectivity index (χ4n) is 4.43. The molecule has 0 spiro atoms. The number of rotatable bonds is 5. The summed E-state index contributed by atoms with van der Waals surface area (Å²) >= 11 is 0. The predicted molar refractivity (Wildman–Crippen MR) is 140 cm³/mol. The molecule has 2 heterocycles. The highest BCUT2D eigenvalue weighted by Gasteiger charge is 2.36. The summed E-state index contributed by atoms with van der Waals surface area (Å²) in [6.45, 7) is 4.33. The molecule has 0 saturated carbocycles. The largest absolute Gasteiger partial charge is 0.348 e. The minimum Gasteiger partial charge on any atom is -0.348 e. The fourth-order valence-corrected chi connectivity index (χ4v) is 6.06. The van der Waals surface area contributed by atoms with E-state index in [-0.39, 0.29) is 45.6 Å². The number of carbonyl (C=O) groups excluding carboxylic acids is 2. The Morgan fingerprint density at radius 1 is 0.946 bits per heavy atom. The van der Waals surface area contributed by atoms with Gasteiger partial charge in [-0.3, -0.25) is 14.6 Å². The van der Waals surface area contributed by atoms with E-state index in [1.807, 2.05) is 38.1 Å². The van der Waals surface area contributed by atoms with E-state index >= 15 is 0 Å². The number of fused-ring (bicyclic) bond motifs is 2. The third-order valence-electron chi connectivity index (χ3n) is 6.46. The van der Waals surface area contributed by atoms with Crippen molar-refractivity contribution in [3.8, 4) is 0 Å². The summed E-state index contributed by atoms with van der Waals surface area (Å²) in [6, 6.07) is 20.2. The van der Waals surface area contributed by atoms with Crippen LogP contribution in [0.3, 0.4) is 0 Å². The van der Waals surface area contributed by atoms with Crippen LogP contribution in [0.5, 0.6) is 0 Å². The zero-order chi connectivity index (χ0) is 26.2. The predicted octanol–water partition coefficient (Wildman–Crippen LogP) is 4.62. The van der Waals surface area contributed by atoms with Crippen molar-refractivity contribution in [1.29, 1.82) is 0 Å². The summed E-state index contributed by atoms with van der Waals surface area (Å²) in [5.74, 6) is -0.823. The quantitative estimate of drug-likeness (QED) is 0.422.